The molecule has 1 aromatic carbocycles. The number of rotatable bonds is 1. The number of hydrogen-bond donors (Lipinski definition) is 0. The molecule has 0 unspecified atom stereocenters. The molecule has 5 heteroatoms. The van der Waals surface area contributed by atoms with Gasteiger partial charge in [-0.15, -0.1) is 0 Å². The van der Waals surface area contributed by atoms with E-state index < -0.39 is 0 Å². The molecule has 1 aromatic heterocycles. The van der Waals surface area contributed by atoms with Crippen molar-refractivity contribution >= 4 is 5.91 Å². The summed E-state index contributed by atoms with van der Waals surface area (Å²) in [6, 6.07) is 9.11. The predicted octanol–water partition coefficient (Wildman–Crippen LogP) is 2.07. The van der Waals surface area contributed by atoms with Crippen molar-refractivity contribution in [2.24, 2.45) is 7.05 Å². The first kappa shape index (κ1) is 15.5. The molecule has 5 nitrogen and oxygen atoms in total. The van der Waals surface area contributed by atoms with Crippen molar-refractivity contribution < 1.29 is 4.79 Å². The predicted molar refractivity (Wildman–Crippen MR) is 88.3 cm³/mol. The molecule has 120 valence electrons. The number of hydrogen-bond acceptors (Lipinski definition) is 3. The molecule has 0 fully saturated rings. The first-order chi connectivity index (χ1) is 10.8. The summed E-state index contributed by atoms with van der Waals surface area (Å²) in [6.45, 7) is 6.82. The van der Waals surface area contributed by atoms with E-state index >= 15 is 0 Å². The maximum absolute atomic E-state index is 12.9. The van der Waals surface area contributed by atoms with Crippen molar-refractivity contribution in [2.75, 3.05) is 0 Å². The quantitative estimate of drug-likeness (QED) is 0.810. The molecule has 23 heavy (non-hydrogen) atoms. The van der Waals surface area contributed by atoms with E-state index in [1.54, 1.807) is 7.05 Å². The number of aromatic nitrogens is 2. The summed E-state index contributed by atoms with van der Waals surface area (Å²) in [6.07, 6.45) is 0.812. The second-order valence-corrected chi connectivity index (χ2v) is 6.77. The molecule has 0 N–H and O–H groups in total. The Bertz CT molecular complexity index is 836. The molecule has 0 saturated carbocycles. The average molecular weight is 311 g/mol. The Kier molecular flexibility index (Phi) is 3.59. The molecular weight excluding hydrogens is 290 g/mol. The standard InChI is InChI=1S/C18H21N3O2/c1-12-6-5-7-13-11-21(18(2,3)10-14(12)13)17(23)15-8-9-16(22)20(4)19-15/h5-9H,10-11H2,1-4H3. The van der Waals surface area contributed by atoms with E-state index in [4.69, 9.17) is 0 Å². The number of aryl methyl sites for hydroxylation is 2. The minimum absolute atomic E-state index is 0.141. The minimum atomic E-state index is -0.299. The van der Waals surface area contributed by atoms with Crippen LogP contribution in [-0.2, 0) is 20.0 Å². The largest absolute Gasteiger partial charge is 0.327 e. The van der Waals surface area contributed by atoms with Crippen LogP contribution < -0.4 is 5.56 Å². The van der Waals surface area contributed by atoms with Gasteiger partial charge in [-0.1, -0.05) is 18.2 Å². The van der Waals surface area contributed by atoms with Crippen LogP contribution in [0.25, 0.3) is 0 Å². The molecule has 2 aromatic rings. The lowest BCUT2D eigenvalue weighted by Crippen LogP contribution is -2.52. The van der Waals surface area contributed by atoms with E-state index in [0.717, 1.165) is 6.42 Å². The van der Waals surface area contributed by atoms with Crippen LogP contribution in [-0.4, -0.2) is 26.1 Å². The summed E-state index contributed by atoms with van der Waals surface area (Å²) in [5, 5.41) is 4.10. The van der Waals surface area contributed by atoms with E-state index in [9.17, 15) is 9.59 Å². The maximum atomic E-state index is 12.9. The van der Waals surface area contributed by atoms with E-state index in [2.05, 4.69) is 38.0 Å². The monoisotopic (exact) mass is 311 g/mol. The Morgan fingerprint density at radius 1 is 1.22 bits per heavy atom. The molecule has 0 spiro atoms. The third-order valence-electron chi connectivity index (χ3n) is 4.60. The smallest absolute Gasteiger partial charge is 0.275 e. The fraction of sp³-hybridized carbons (Fsp3) is 0.389. The van der Waals surface area contributed by atoms with Gasteiger partial charge in [-0.2, -0.15) is 5.10 Å². The van der Waals surface area contributed by atoms with Gasteiger partial charge in [-0.25, -0.2) is 4.68 Å². The van der Waals surface area contributed by atoms with Crippen LogP contribution in [0.1, 0.15) is 41.0 Å². The van der Waals surface area contributed by atoms with E-state index in [-0.39, 0.29) is 17.0 Å². The lowest BCUT2D eigenvalue weighted by Gasteiger charge is -2.43. The van der Waals surface area contributed by atoms with Crippen LogP contribution in [0.3, 0.4) is 0 Å². The van der Waals surface area contributed by atoms with Crippen LogP contribution in [0.2, 0.25) is 0 Å². The molecular formula is C18H21N3O2. The van der Waals surface area contributed by atoms with E-state index in [0.29, 0.717) is 12.2 Å². The van der Waals surface area contributed by atoms with Gasteiger partial charge in [0, 0.05) is 25.2 Å². The molecule has 0 saturated heterocycles. The average Bonchev–Trinajstić information content (AvgIpc) is 2.49. The van der Waals surface area contributed by atoms with Crippen LogP contribution in [0, 0.1) is 6.92 Å². The Morgan fingerprint density at radius 2 is 1.96 bits per heavy atom. The van der Waals surface area contributed by atoms with E-state index in [1.165, 1.54) is 33.5 Å². The van der Waals surface area contributed by atoms with Gasteiger partial charge in [0.25, 0.3) is 11.5 Å². The first-order valence-electron chi connectivity index (χ1n) is 7.73. The number of carbonyl (C=O) groups excluding carboxylic acids is 1. The van der Waals surface area contributed by atoms with Crippen LogP contribution >= 0.6 is 0 Å². The first-order valence-corrected chi connectivity index (χ1v) is 7.73. The Balaban J connectivity index is 2.00. The highest BCUT2D eigenvalue weighted by atomic mass is 16.2. The highest BCUT2D eigenvalue weighted by molar-refractivity contribution is 5.92. The molecule has 0 radical (unpaired) electrons. The highest BCUT2D eigenvalue weighted by Crippen LogP contribution is 2.33. The zero-order valence-corrected chi connectivity index (χ0v) is 14.0. The summed E-state index contributed by atoms with van der Waals surface area (Å²) in [4.78, 5) is 26.2. The second-order valence-electron chi connectivity index (χ2n) is 6.77. The number of carbonyl (C=O) groups is 1. The second kappa shape index (κ2) is 5.33. The maximum Gasteiger partial charge on any atom is 0.275 e. The van der Waals surface area contributed by atoms with Gasteiger partial charge in [0.15, 0.2) is 0 Å². The molecule has 1 amide bonds. The Hall–Kier alpha value is -2.43. The lowest BCUT2D eigenvalue weighted by molar-refractivity contribution is 0.0479. The van der Waals surface area contributed by atoms with Gasteiger partial charge in [0.2, 0.25) is 0 Å². The van der Waals surface area contributed by atoms with E-state index in [1.807, 2.05) is 11.0 Å². The third kappa shape index (κ3) is 2.67. The van der Waals surface area contributed by atoms with Gasteiger partial charge in [-0.05, 0) is 49.9 Å². The normalized spacial score (nSPS) is 16.1. The van der Waals surface area contributed by atoms with Gasteiger partial charge in [0.05, 0.1) is 0 Å². The minimum Gasteiger partial charge on any atom is -0.327 e. The summed E-state index contributed by atoms with van der Waals surface area (Å²) < 4.78 is 1.20. The van der Waals surface area contributed by atoms with Crippen molar-refractivity contribution in [2.45, 2.75) is 39.3 Å². The molecule has 3 rings (SSSR count). The van der Waals surface area contributed by atoms with Crippen LogP contribution in [0.5, 0.6) is 0 Å². The molecule has 1 aliphatic rings. The van der Waals surface area contributed by atoms with Gasteiger partial charge >= 0.3 is 0 Å². The molecule has 0 bridgehead atoms. The Morgan fingerprint density at radius 3 is 2.65 bits per heavy atom. The highest BCUT2D eigenvalue weighted by Gasteiger charge is 2.37. The fourth-order valence-corrected chi connectivity index (χ4v) is 3.18. The molecule has 0 atom stereocenters. The number of benzene rings is 1. The zero-order chi connectivity index (χ0) is 16.8. The molecule has 0 aliphatic carbocycles. The lowest BCUT2D eigenvalue weighted by atomic mass is 9.83. The number of amides is 1. The van der Waals surface area contributed by atoms with Crippen molar-refractivity contribution in [3.8, 4) is 0 Å². The Labute approximate surface area is 135 Å². The summed E-state index contributed by atoms with van der Waals surface area (Å²) in [7, 11) is 1.55. The van der Waals surface area contributed by atoms with Crippen molar-refractivity contribution in [1.29, 1.82) is 0 Å². The summed E-state index contributed by atoms with van der Waals surface area (Å²) in [5.74, 6) is -0.141. The van der Waals surface area contributed by atoms with Gasteiger partial charge in [0.1, 0.15) is 5.69 Å². The molecule has 1 aliphatic heterocycles. The fourth-order valence-electron chi connectivity index (χ4n) is 3.18. The molecule has 2 heterocycles. The number of fused-ring (bicyclic) bond motifs is 1. The summed E-state index contributed by atoms with van der Waals surface area (Å²) >= 11 is 0. The van der Waals surface area contributed by atoms with Gasteiger partial charge in [-0.3, -0.25) is 9.59 Å². The van der Waals surface area contributed by atoms with Crippen molar-refractivity contribution in [1.82, 2.24) is 14.7 Å². The topological polar surface area (TPSA) is 55.2 Å². The van der Waals surface area contributed by atoms with Crippen molar-refractivity contribution in [3.63, 3.8) is 0 Å². The van der Waals surface area contributed by atoms with Crippen LogP contribution in [0.15, 0.2) is 35.1 Å². The SMILES string of the molecule is Cc1cccc2c1CC(C)(C)N(C(=O)c1ccc(=O)n(C)n1)C2. The van der Waals surface area contributed by atoms with Crippen molar-refractivity contribution in [3.05, 3.63) is 63.1 Å². The zero-order valence-electron chi connectivity index (χ0n) is 14.0. The van der Waals surface area contributed by atoms with Crippen LogP contribution in [0.4, 0.5) is 0 Å². The number of nitrogens with zero attached hydrogens (tertiary/aromatic N) is 3. The third-order valence-corrected chi connectivity index (χ3v) is 4.60. The van der Waals surface area contributed by atoms with Gasteiger partial charge < -0.3 is 4.90 Å². The summed E-state index contributed by atoms with van der Waals surface area (Å²) in [5.41, 5.74) is 3.56.